The number of cyclic esters (lactones) is 2. The van der Waals surface area contributed by atoms with Crippen LogP contribution in [0.3, 0.4) is 0 Å². The van der Waals surface area contributed by atoms with Crippen molar-refractivity contribution in [1.82, 2.24) is 5.32 Å². The van der Waals surface area contributed by atoms with Crippen LogP contribution in [0.15, 0.2) is 0 Å². The van der Waals surface area contributed by atoms with Crippen molar-refractivity contribution in [1.29, 1.82) is 0 Å². The number of hydrogen-bond acceptors (Lipinski definition) is 7. The van der Waals surface area contributed by atoms with Crippen LogP contribution in [0.1, 0.15) is 6.42 Å². The van der Waals surface area contributed by atoms with E-state index in [0.29, 0.717) is 12.2 Å². The highest BCUT2D eigenvalue weighted by molar-refractivity contribution is 8.14. The number of thioether (sulfide) groups is 1. The summed E-state index contributed by atoms with van der Waals surface area (Å²) in [5.74, 6) is 0.706. The van der Waals surface area contributed by atoms with E-state index in [1.807, 2.05) is 0 Å². The SMILES string of the molecule is O=C(NC1CCSC1=O)OCC1COC(=O)O1. The molecule has 0 spiro atoms. The van der Waals surface area contributed by atoms with Crippen LogP contribution in [-0.2, 0) is 19.0 Å². The largest absolute Gasteiger partial charge is 0.508 e. The number of alkyl carbamates (subject to hydrolysis) is 1. The van der Waals surface area contributed by atoms with Gasteiger partial charge < -0.3 is 19.5 Å². The predicted molar refractivity (Wildman–Crippen MR) is 56.6 cm³/mol. The van der Waals surface area contributed by atoms with Crippen LogP contribution in [0.2, 0.25) is 0 Å². The molecular formula is C9H11NO6S. The topological polar surface area (TPSA) is 90.9 Å². The van der Waals surface area contributed by atoms with Gasteiger partial charge in [0.1, 0.15) is 19.3 Å². The van der Waals surface area contributed by atoms with E-state index in [1.165, 1.54) is 11.8 Å². The van der Waals surface area contributed by atoms with Crippen molar-refractivity contribution in [3.63, 3.8) is 0 Å². The Kier molecular flexibility index (Phi) is 3.72. The molecule has 0 saturated carbocycles. The molecule has 17 heavy (non-hydrogen) atoms. The summed E-state index contributed by atoms with van der Waals surface area (Å²) in [5, 5.41) is 2.39. The van der Waals surface area contributed by atoms with Crippen LogP contribution in [0.5, 0.6) is 0 Å². The molecule has 2 aliphatic rings. The Morgan fingerprint density at radius 1 is 1.53 bits per heavy atom. The average Bonchev–Trinajstić information content (AvgIpc) is 2.86. The number of rotatable bonds is 3. The maximum atomic E-state index is 11.3. The zero-order chi connectivity index (χ0) is 12.3. The minimum absolute atomic E-state index is 0.0578. The van der Waals surface area contributed by atoms with Gasteiger partial charge in [-0.05, 0) is 6.42 Å². The van der Waals surface area contributed by atoms with Crippen molar-refractivity contribution in [3.8, 4) is 0 Å². The Balaban J connectivity index is 1.67. The first-order valence-corrected chi connectivity index (χ1v) is 6.07. The third-order valence-electron chi connectivity index (χ3n) is 2.28. The van der Waals surface area contributed by atoms with E-state index < -0.39 is 24.4 Å². The lowest BCUT2D eigenvalue weighted by Gasteiger charge is -2.12. The lowest BCUT2D eigenvalue weighted by Crippen LogP contribution is -2.38. The molecule has 7 nitrogen and oxygen atoms in total. The minimum Gasteiger partial charge on any atom is -0.445 e. The molecule has 2 aliphatic heterocycles. The van der Waals surface area contributed by atoms with Gasteiger partial charge in [0.15, 0.2) is 6.10 Å². The summed E-state index contributed by atoms with van der Waals surface area (Å²) in [6.45, 7) is -0.00402. The smallest absolute Gasteiger partial charge is 0.445 e. The van der Waals surface area contributed by atoms with Crippen molar-refractivity contribution in [2.75, 3.05) is 19.0 Å². The number of carbonyl (C=O) groups excluding carboxylic acids is 3. The van der Waals surface area contributed by atoms with Crippen LogP contribution in [-0.4, -0.2) is 48.5 Å². The first kappa shape index (κ1) is 12.0. The van der Waals surface area contributed by atoms with Gasteiger partial charge >= 0.3 is 12.2 Å². The molecule has 2 saturated heterocycles. The van der Waals surface area contributed by atoms with E-state index in [0.717, 1.165) is 0 Å². The van der Waals surface area contributed by atoms with Gasteiger partial charge in [-0.1, -0.05) is 11.8 Å². The normalized spacial score (nSPS) is 27.5. The molecule has 0 radical (unpaired) electrons. The lowest BCUT2D eigenvalue weighted by atomic mass is 10.3. The summed E-state index contributed by atoms with van der Waals surface area (Å²) >= 11 is 1.19. The third kappa shape index (κ3) is 3.26. The molecule has 1 N–H and O–H groups in total. The van der Waals surface area contributed by atoms with Gasteiger partial charge in [0.25, 0.3) is 0 Å². The Labute approximate surface area is 101 Å². The van der Waals surface area contributed by atoms with Crippen molar-refractivity contribution in [2.45, 2.75) is 18.6 Å². The first-order chi connectivity index (χ1) is 8.15. The van der Waals surface area contributed by atoms with E-state index in [9.17, 15) is 14.4 Å². The molecule has 0 aliphatic carbocycles. The first-order valence-electron chi connectivity index (χ1n) is 5.08. The maximum absolute atomic E-state index is 11.3. The van der Waals surface area contributed by atoms with Gasteiger partial charge in [-0.25, -0.2) is 9.59 Å². The van der Waals surface area contributed by atoms with Gasteiger partial charge in [0, 0.05) is 5.75 Å². The molecule has 0 aromatic carbocycles. The van der Waals surface area contributed by atoms with Crippen LogP contribution in [0.25, 0.3) is 0 Å². The van der Waals surface area contributed by atoms with Gasteiger partial charge in [-0.3, -0.25) is 4.79 Å². The molecule has 0 bridgehead atoms. The van der Waals surface area contributed by atoms with Crippen molar-refractivity contribution in [2.24, 2.45) is 0 Å². The third-order valence-corrected chi connectivity index (χ3v) is 3.29. The second-order valence-electron chi connectivity index (χ2n) is 3.55. The van der Waals surface area contributed by atoms with E-state index >= 15 is 0 Å². The second kappa shape index (κ2) is 5.26. The van der Waals surface area contributed by atoms with Gasteiger partial charge in [0.2, 0.25) is 5.12 Å². The van der Waals surface area contributed by atoms with Crippen molar-refractivity contribution < 1.29 is 28.6 Å². The van der Waals surface area contributed by atoms with Crippen LogP contribution in [0.4, 0.5) is 9.59 Å². The monoisotopic (exact) mass is 261 g/mol. The van der Waals surface area contributed by atoms with Crippen LogP contribution < -0.4 is 5.32 Å². The maximum Gasteiger partial charge on any atom is 0.508 e. The molecule has 1 amide bonds. The fourth-order valence-electron chi connectivity index (χ4n) is 1.43. The quantitative estimate of drug-likeness (QED) is 0.729. The predicted octanol–water partition coefficient (Wildman–Crippen LogP) is 0.280. The Morgan fingerprint density at radius 2 is 2.35 bits per heavy atom. The summed E-state index contributed by atoms with van der Waals surface area (Å²) in [4.78, 5) is 33.1. The summed E-state index contributed by atoms with van der Waals surface area (Å²) in [6.07, 6.45) is -1.41. The number of hydrogen-bond donors (Lipinski definition) is 1. The summed E-state index contributed by atoms with van der Waals surface area (Å²) in [7, 11) is 0. The van der Waals surface area contributed by atoms with E-state index in [1.54, 1.807) is 0 Å². The van der Waals surface area contributed by atoms with Gasteiger partial charge in [-0.15, -0.1) is 0 Å². The highest BCUT2D eigenvalue weighted by Gasteiger charge is 2.29. The summed E-state index contributed by atoms with van der Waals surface area (Å²) < 4.78 is 14.0. The fraction of sp³-hybridized carbons (Fsp3) is 0.667. The minimum atomic E-state index is -0.763. The molecule has 8 heteroatoms. The highest BCUT2D eigenvalue weighted by Crippen LogP contribution is 2.19. The van der Waals surface area contributed by atoms with Crippen molar-refractivity contribution >= 4 is 29.1 Å². The standard InChI is InChI=1S/C9H11NO6S/c11-7-6(1-2-17-7)10-8(12)14-3-5-4-15-9(13)16-5/h5-6H,1-4H2,(H,10,12). The Bertz CT molecular complexity index is 346. The molecule has 2 rings (SSSR count). The zero-order valence-corrected chi connectivity index (χ0v) is 9.66. The molecule has 0 aromatic rings. The Morgan fingerprint density at radius 3 is 2.94 bits per heavy atom. The van der Waals surface area contributed by atoms with Gasteiger partial charge in [-0.2, -0.15) is 0 Å². The number of carbonyl (C=O) groups is 3. The van der Waals surface area contributed by atoms with Gasteiger partial charge in [0.05, 0.1) is 0 Å². The second-order valence-corrected chi connectivity index (χ2v) is 4.65. The van der Waals surface area contributed by atoms with E-state index in [4.69, 9.17) is 4.74 Å². The van der Waals surface area contributed by atoms with Crippen LogP contribution in [0, 0.1) is 0 Å². The average molecular weight is 261 g/mol. The molecular weight excluding hydrogens is 250 g/mol. The number of ether oxygens (including phenoxy) is 3. The lowest BCUT2D eigenvalue weighted by molar-refractivity contribution is -0.112. The highest BCUT2D eigenvalue weighted by atomic mass is 32.2. The van der Waals surface area contributed by atoms with Crippen molar-refractivity contribution in [3.05, 3.63) is 0 Å². The molecule has 0 aromatic heterocycles. The number of amides is 1. The van der Waals surface area contributed by atoms with E-state index in [-0.39, 0.29) is 18.3 Å². The van der Waals surface area contributed by atoms with E-state index in [2.05, 4.69) is 14.8 Å². The fourth-order valence-corrected chi connectivity index (χ4v) is 2.36. The molecule has 2 heterocycles. The Hall–Kier alpha value is -1.44. The molecule has 2 atom stereocenters. The summed E-state index contributed by atoms with van der Waals surface area (Å²) in [5.41, 5.74) is 0. The molecule has 2 unspecified atom stereocenters. The molecule has 2 fully saturated rings. The van der Waals surface area contributed by atoms with Crippen LogP contribution >= 0.6 is 11.8 Å². The number of nitrogens with one attached hydrogen (secondary N) is 1. The molecule has 94 valence electrons. The summed E-state index contributed by atoms with van der Waals surface area (Å²) in [6, 6.07) is -0.477. The zero-order valence-electron chi connectivity index (χ0n) is 8.84.